The zero-order chi connectivity index (χ0) is 13.8. The summed E-state index contributed by atoms with van der Waals surface area (Å²) >= 11 is 1.33. The van der Waals surface area contributed by atoms with Crippen molar-refractivity contribution < 1.29 is 4.79 Å². The number of aromatic nitrogens is 1. The number of hydrogen-bond donors (Lipinski definition) is 1. The number of pyridine rings is 1. The van der Waals surface area contributed by atoms with E-state index in [0.29, 0.717) is 16.2 Å². The van der Waals surface area contributed by atoms with E-state index in [1.807, 2.05) is 18.4 Å². The van der Waals surface area contributed by atoms with Crippen molar-refractivity contribution in [2.75, 3.05) is 12.0 Å². The molecule has 1 aromatic carbocycles. The average molecular weight is 269 g/mol. The molecule has 0 fully saturated rings. The van der Waals surface area contributed by atoms with Crippen molar-refractivity contribution in [3.05, 3.63) is 53.1 Å². The molecule has 0 unspecified atom stereocenters. The maximum atomic E-state index is 12.4. The molecular formula is C14H11N3OS. The molecule has 4 nitrogen and oxygen atoms in total. The summed E-state index contributed by atoms with van der Waals surface area (Å²) in [5.74, 6) is -0.00888. The number of anilines is 1. The Hall–Kier alpha value is -2.32. The molecule has 0 spiro atoms. The maximum absolute atomic E-state index is 12.4. The Morgan fingerprint density at radius 2 is 2.05 bits per heavy atom. The number of nitriles is 1. The second-order valence-electron chi connectivity index (χ2n) is 3.78. The Morgan fingerprint density at radius 3 is 2.63 bits per heavy atom. The molecule has 0 saturated heterocycles. The van der Waals surface area contributed by atoms with Gasteiger partial charge in [0.2, 0.25) is 0 Å². The van der Waals surface area contributed by atoms with Crippen LogP contribution in [0.15, 0.2) is 41.4 Å². The molecule has 0 radical (unpaired) electrons. The minimum absolute atomic E-state index is 0.150. The summed E-state index contributed by atoms with van der Waals surface area (Å²) in [7, 11) is 0. The van der Waals surface area contributed by atoms with Crippen LogP contribution < -0.4 is 5.73 Å². The topological polar surface area (TPSA) is 79.8 Å². The fraction of sp³-hybridized carbons (Fsp3) is 0.0714. The van der Waals surface area contributed by atoms with Gasteiger partial charge in [0.15, 0.2) is 5.78 Å². The number of carbonyl (C=O) groups excluding carboxylic acids is 1. The maximum Gasteiger partial charge on any atom is 0.195 e. The second kappa shape index (κ2) is 5.55. The number of rotatable bonds is 3. The van der Waals surface area contributed by atoms with Crippen LogP contribution in [0.25, 0.3) is 0 Å². The number of thioether (sulfide) groups is 1. The van der Waals surface area contributed by atoms with Crippen molar-refractivity contribution in [1.29, 1.82) is 5.26 Å². The third-order valence-corrected chi connectivity index (χ3v) is 3.31. The zero-order valence-electron chi connectivity index (χ0n) is 10.3. The van der Waals surface area contributed by atoms with Gasteiger partial charge in [-0.25, -0.2) is 4.98 Å². The molecule has 0 bridgehead atoms. The SMILES string of the molecule is CSc1nc(N)c(C#N)cc1C(=O)c1ccccc1. The zero-order valence-corrected chi connectivity index (χ0v) is 11.1. The van der Waals surface area contributed by atoms with E-state index in [-0.39, 0.29) is 17.2 Å². The molecule has 0 aliphatic heterocycles. The molecule has 2 aromatic rings. The molecule has 19 heavy (non-hydrogen) atoms. The molecular weight excluding hydrogens is 258 g/mol. The minimum Gasteiger partial charge on any atom is -0.383 e. The molecule has 0 aliphatic carbocycles. The number of nitrogen functional groups attached to an aromatic ring is 1. The predicted octanol–water partition coefficient (Wildman–Crippen LogP) is 2.49. The van der Waals surface area contributed by atoms with Crippen LogP contribution in [0.2, 0.25) is 0 Å². The standard InChI is InChI=1S/C14H11N3OS/c1-19-14-11(7-10(8-15)13(16)17-14)12(18)9-5-3-2-4-6-9/h2-7H,1H3,(H2,16,17). The van der Waals surface area contributed by atoms with Crippen LogP contribution >= 0.6 is 11.8 Å². The van der Waals surface area contributed by atoms with Gasteiger partial charge in [-0.15, -0.1) is 11.8 Å². The van der Waals surface area contributed by atoms with Crippen LogP contribution in [0.4, 0.5) is 5.82 Å². The fourth-order valence-electron chi connectivity index (χ4n) is 1.66. The number of hydrogen-bond acceptors (Lipinski definition) is 5. The van der Waals surface area contributed by atoms with Crippen LogP contribution in [-0.4, -0.2) is 17.0 Å². The molecule has 0 atom stereocenters. The molecule has 2 N–H and O–H groups in total. The highest BCUT2D eigenvalue weighted by atomic mass is 32.2. The quantitative estimate of drug-likeness (QED) is 0.684. The predicted molar refractivity (Wildman–Crippen MR) is 75.0 cm³/mol. The number of nitrogens with two attached hydrogens (primary N) is 1. The monoisotopic (exact) mass is 269 g/mol. The largest absolute Gasteiger partial charge is 0.383 e. The highest BCUT2D eigenvalue weighted by molar-refractivity contribution is 7.98. The molecule has 94 valence electrons. The van der Waals surface area contributed by atoms with Crippen LogP contribution in [0.3, 0.4) is 0 Å². The van der Waals surface area contributed by atoms with E-state index in [4.69, 9.17) is 11.0 Å². The van der Waals surface area contributed by atoms with Crippen molar-refractivity contribution in [2.45, 2.75) is 5.03 Å². The van der Waals surface area contributed by atoms with E-state index in [1.54, 1.807) is 24.3 Å². The number of carbonyl (C=O) groups is 1. The summed E-state index contributed by atoms with van der Waals surface area (Å²) in [5.41, 5.74) is 6.85. The number of benzene rings is 1. The normalized spacial score (nSPS) is 9.89. The Bertz CT molecular complexity index is 662. The van der Waals surface area contributed by atoms with Gasteiger partial charge in [-0.3, -0.25) is 4.79 Å². The molecule has 1 heterocycles. The molecule has 0 saturated carbocycles. The summed E-state index contributed by atoms with van der Waals surface area (Å²) in [4.78, 5) is 16.5. The molecule has 0 aliphatic rings. The summed E-state index contributed by atoms with van der Waals surface area (Å²) in [6.45, 7) is 0. The van der Waals surface area contributed by atoms with Crippen molar-refractivity contribution >= 4 is 23.4 Å². The molecule has 1 aromatic heterocycles. The first-order chi connectivity index (χ1) is 9.17. The van der Waals surface area contributed by atoms with Crippen LogP contribution in [0, 0.1) is 11.3 Å². The number of nitrogens with zero attached hydrogens (tertiary/aromatic N) is 2. The fourth-order valence-corrected chi connectivity index (χ4v) is 2.22. The smallest absolute Gasteiger partial charge is 0.195 e. The van der Waals surface area contributed by atoms with E-state index in [1.165, 1.54) is 17.8 Å². The van der Waals surface area contributed by atoms with E-state index in [9.17, 15) is 4.79 Å². The molecule has 5 heteroatoms. The van der Waals surface area contributed by atoms with Gasteiger partial charge in [0, 0.05) is 5.56 Å². The lowest BCUT2D eigenvalue weighted by atomic mass is 10.0. The van der Waals surface area contributed by atoms with Gasteiger partial charge in [0.05, 0.1) is 11.1 Å². The van der Waals surface area contributed by atoms with Crippen LogP contribution in [-0.2, 0) is 0 Å². The van der Waals surface area contributed by atoms with Gasteiger partial charge in [-0.2, -0.15) is 5.26 Å². The van der Waals surface area contributed by atoms with Crippen LogP contribution in [0.5, 0.6) is 0 Å². The summed E-state index contributed by atoms with van der Waals surface area (Å²) < 4.78 is 0. The average Bonchev–Trinajstić information content (AvgIpc) is 2.47. The van der Waals surface area contributed by atoms with Gasteiger partial charge < -0.3 is 5.73 Å². The van der Waals surface area contributed by atoms with Gasteiger partial charge >= 0.3 is 0 Å². The summed E-state index contributed by atoms with van der Waals surface area (Å²) in [6, 6.07) is 12.3. The van der Waals surface area contributed by atoms with Crippen molar-refractivity contribution in [3.8, 4) is 6.07 Å². The Labute approximate surface area is 115 Å². The van der Waals surface area contributed by atoms with Gasteiger partial charge in [0.25, 0.3) is 0 Å². The lowest BCUT2D eigenvalue weighted by Crippen LogP contribution is -2.07. The summed E-state index contributed by atoms with van der Waals surface area (Å²) in [6.07, 6.45) is 1.82. The highest BCUT2D eigenvalue weighted by Crippen LogP contribution is 2.24. The van der Waals surface area contributed by atoms with Crippen LogP contribution in [0.1, 0.15) is 21.5 Å². The molecule has 2 rings (SSSR count). The molecule has 0 amide bonds. The van der Waals surface area contributed by atoms with Crippen molar-refractivity contribution in [1.82, 2.24) is 4.98 Å². The lowest BCUT2D eigenvalue weighted by molar-refractivity contribution is 0.103. The third-order valence-electron chi connectivity index (χ3n) is 2.61. The van der Waals surface area contributed by atoms with Crippen molar-refractivity contribution in [3.63, 3.8) is 0 Å². The lowest BCUT2D eigenvalue weighted by Gasteiger charge is -2.08. The van der Waals surface area contributed by atoms with Gasteiger partial charge in [0.1, 0.15) is 16.9 Å². The van der Waals surface area contributed by atoms with Gasteiger partial charge in [-0.05, 0) is 12.3 Å². The first kappa shape index (κ1) is 13.1. The first-order valence-electron chi connectivity index (χ1n) is 5.51. The highest BCUT2D eigenvalue weighted by Gasteiger charge is 2.17. The Morgan fingerprint density at radius 1 is 1.37 bits per heavy atom. The Kier molecular flexibility index (Phi) is 3.83. The minimum atomic E-state index is -0.158. The first-order valence-corrected chi connectivity index (χ1v) is 6.74. The van der Waals surface area contributed by atoms with E-state index < -0.39 is 0 Å². The Balaban J connectivity index is 2.56. The van der Waals surface area contributed by atoms with E-state index >= 15 is 0 Å². The van der Waals surface area contributed by atoms with Gasteiger partial charge in [-0.1, -0.05) is 30.3 Å². The second-order valence-corrected chi connectivity index (χ2v) is 4.58. The van der Waals surface area contributed by atoms with E-state index in [2.05, 4.69) is 4.98 Å². The summed E-state index contributed by atoms with van der Waals surface area (Å²) in [5, 5.41) is 9.50. The van der Waals surface area contributed by atoms with Crippen molar-refractivity contribution in [2.24, 2.45) is 0 Å². The number of ketones is 1. The van der Waals surface area contributed by atoms with E-state index in [0.717, 1.165) is 0 Å². The third kappa shape index (κ3) is 2.59.